The summed E-state index contributed by atoms with van der Waals surface area (Å²) in [6, 6.07) is 0. The van der Waals surface area contributed by atoms with E-state index in [1.54, 1.807) is 0 Å². The zero-order valence-electron chi connectivity index (χ0n) is 6.99. The highest BCUT2D eigenvalue weighted by Crippen LogP contribution is 2.60. The molecule has 72 valence electrons. The Morgan fingerprint density at radius 2 is 2.00 bits per heavy atom. The summed E-state index contributed by atoms with van der Waals surface area (Å²) in [5.74, 6) is 0. The third kappa shape index (κ3) is 0.880. The molecule has 0 bridgehead atoms. The Kier molecular flexibility index (Phi) is 2.43. The molecule has 0 aromatic carbocycles. The van der Waals surface area contributed by atoms with Gasteiger partial charge in [0.15, 0.2) is 0 Å². The maximum absolute atomic E-state index is 9.49. The minimum absolute atomic E-state index is 0. The second-order valence-corrected chi connectivity index (χ2v) is 4.04. The zero-order valence-corrected chi connectivity index (χ0v) is 7.81. The molecule has 0 heterocycles. The van der Waals surface area contributed by atoms with Gasteiger partial charge in [-0.2, -0.15) is 0 Å². The van der Waals surface area contributed by atoms with Crippen LogP contribution in [0.5, 0.6) is 0 Å². The molecule has 12 heavy (non-hydrogen) atoms. The lowest BCUT2D eigenvalue weighted by atomic mass is 9.44. The monoisotopic (exact) mass is 193 g/mol. The van der Waals surface area contributed by atoms with E-state index in [0.717, 1.165) is 19.3 Å². The summed E-state index contributed by atoms with van der Waals surface area (Å²) in [6.45, 7) is 0.0179. The minimum atomic E-state index is -0.468. The standard InChI is InChI=1S/C8H15NO2.ClH/c9-8(5-10)4-6(11)7(8)2-1-3-7;/h6,10-11H,1-5,9H2;1H/t6-,8+;/m0./s1. The SMILES string of the molecule is Cl.N[C@@]1(CO)C[C@H](O)C12CCC2. The summed E-state index contributed by atoms with van der Waals surface area (Å²) in [7, 11) is 0. The molecule has 0 aromatic rings. The normalized spacial score (nSPS) is 42.8. The molecule has 2 rings (SSSR count). The van der Waals surface area contributed by atoms with Crippen molar-refractivity contribution in [1.29, 1.82) is 0 Å². The molecule has 3 nitrogen and oxygen atoms in total. The second-order valence-electron chi connectivity index (χ2n) is 4.04. The quantitative estimate of drug-likeness (QED) is 0.551. The van der Waals surface area contributed by atoms with Crippen LogP contribution in [0.25, 0.3) is 0 Å². The molecule has 0 saturated heterocycles. The van der Waals surface area contributed by atoms with Crippen molar-refractivity contribution in [3.8, 4) is 0 Å². The Balaban J connectivity index is 0.000000720. The Labute approximate surface area is 78.4 Å². The van der Waals surface area contributed by atoms with Gasteiger partial charge in [-0.25, -0.2) is 0 Å². The Hall–Kier alpha value is 0.170. The van der Waals surface area contributed by atoms with Gasteiger partial charge in [-0.3, -0.25) is 0 Å². The Morgan fingerprint density at radius 1 is 1.42 bits per heavy atom. The fraction of sp³-hybridized carbons (Fsp3) is 1.00. The van der Waals surface area contributed by atoms with Gasteiger partial charge in [0.05, 0.1) is 12.7 Å². The highest BCUT2D eigenvalue weighted by molar-refractivity contribution is 5.85. The molecular formula is C8H16ClNO2. The number of hydrogen-bond acceptors (Lipinski definition) is 3. The molecular weight excluding hydrogens is 178 g/mol. The smallest absolute Gasteiger partial charge is 0.0633 e. The van der Waals surface area contributed by atoms with Crippen LogP contribution in [0.4, 0.5) is 0 Å². The Morgan fingerprint density at radius 3 is 2.17 bits per heavy atom. The van der Waals surface area contributed by atoms with Gasteiger partial charge in [0, 0.05) is 11.0 Å². The van der Waals surface area contributed by atoms with Crippen LogP contribution >= 0.6 is 12.4 Å². The molecule has 0 aliphatic heterocycles. The van der Waals surface area contributed by atoms with Gasteiger partial charge in [0.25, 0.3) is 0 Å². The predicted molar refractivity (Wildman–Crippen MR) is 48.2 cm³/mol. The van der Waals surface area contributed by atoms with E-state index < -0.39 is 5.54 Å². The second kappa shape index (κ2) is 2.84. The zero-order chi connectivity index (χ0) is 8.11. The van der Waals surface area contributed by atoms with Gasteiger partial charge in [0.1, 0.15) is 0 Å². The number of aliphatic hydroxyl groups excluding tert-OH is 2. The number of aliphatic hydroxyl groups is 2. The summed E-state index contributed by atoms with van der Waals surface area (Å²) in [5.41, 5.74) is 5.35. The van der Waals surface area contributed by atoms with Crippen LogP contribution in [0, 0.1) is 5.41 Å². The topological polar surface area (TPSA) is 66.5 Å². The van der Waals surface area contributed by atoms with Gasteiger partial charge in [-0.15, -0.1) is 12.4 Å². The van der Waals surface area contributed by atoms with Crippen molar-refractivity contribution in [3.05, 3.63) is 0 Å². The van der Waals surface area contributed by atoms with Crippen molar-refractivity contribution in [2.24, 2.45) is 11.1 Å². The number of nitrogens with two attached hydrogens (primary N) is 1. The van der Waals surface area contributed by atoms with Crippen LogP contribution in [-0.2, 0) is 0 Å². The fourth-order valence-corrected chi connectivity index (χ4v) is 2.56. The molecule has 2 aliphatic carbocycles. The van der Waals surface area contributed by atoms with Gasteiger partial charge in [-0.1, -0.05) is 6.42 Å². The average Bonchev–Trinajstić information content (AvgIpc) is 1.83. The van der Waals surface area contributed by atoms with Crippen molar-refractivity contribution in [2.45, 2.75) is 37.3 Å². The maximum Gasteiger partial charge on any atom is 0.0633 e. The largest absolute Gasteiger partial charge is 0.394 e. The summed E-state index contributed by atoms with van der Waals surface area (Å²) in [5, 5.41) is 18.5. The predicted octanol–water partition coefficient (Wildman–Crippen LogP) is 0.0329. The van der Waals surface area contributed by atoms with Crippen LogP contribution in [-0.4, -0.2) is 28.5 Å². The first kappa shape index (κ1) is 10.3. The first-order valence-corrected chi connectivity index (χ1v) is 4.22. The lowest BCUT2D eigenvalue weighted by molar-refractivity contribution is -0.196. The highest BCUT2D eigenvalue weighted by atomic mass is 35.5. The van der Waals surface area contributed by atoms with Crippen molar-refractivity contribution < 1.29 is 10.2 Å². The fourth-order valence-electron chi connectivity index (χ4n) is 2.56. The minimum Gasteiger partial charge on any atom is -0.394 e. The van der Waals surface area contributed by atoms with Gasteiger partial charge >= 0.3 is 0 Å². The molecule has 4 N–H and O–H groups in total. The van der Waals surface area contributed by atoms with Crippen molar-refractivity contribution >= 4 is 12.4 Å². The maximum atomic E-state index is 9.49. The third-order valence-corrected chi connectivity index (χ3v) is 3.71. The van der Waals surface area contributed by atoms with Crippen LogP contribution in [0.15, 0.2) is 0 Å². The van der Waals surface area contributed by atoms with Crippen LogP contribution in [0.2, 0.25) is 0 Å². The first-order chi connectivity index (χ1) is 5.15. The lowest BCUT2D eigenvalue weighted by Crippen LogP contribution is -2.75. The number of rotatable bonds is 1. The highest BCUT2D eigenvalue weighted by Gasteiger charge is 2.65. The number of hydrogen-bond donors (Lipinski definition) is 3. The van der Waals surface area contributed by atoms with Gasteiger partial charge in [0.2, 0.25) is 0 Å². The van der Waals surface area contributed by atoms with Crippen molar-refractivity contribution in [1.82, 2.24) is 0 Å². The molecule has 2 fully saturated rings. The first-order valence-electron chi connectivity index (χ1n) is 4.22. The lowest BCUT2D eigenvalue weighted by Gasteiger charge is -2.65. The van der Waals surface area contributed by atoms with Gasteiger partial charge < -0.3 is 15.9 Å². The van der Waals surface area contributed by atoms with E-state index in [4.69, 9.17) is 10.8 Å². The van der Waals surface area contributed by atoms with E-state index >= 15 is 0 Å². The van der Waals surface area contributed by atoms with E-state index in [1.165, 1.54) is 0 Å². The van der Waals surface area contributed by atoms with Crippen LogP contribution in [0.3, 0.4) is 0 Å². The summed E-state index contributed by atoms with van der Waals surface area (Å²) in [6.07, 6.45) is 3.45. The van der Waals surface area contributed by atoms with E-state index in [0.29, 0.717) is 6.42 Å². The molecule has 2 aliphatic rings. The molecule has 0 radical (unpaired) electrons. The van der Waals surface area contributed by atoms with Crippen molar-refractivity contribution in [2.75, 3.05) is 6.61 Å². The molecule has 0 aromatic heterocycles. The van der Waals surface area contributed by atoms with Crippen LogP contribution < -0.4 is 5.73 Å². The molecule has 0 unspecified atom stereocenters. The molecule has 4 heteroatoms. The molecule has 0 amide bonds. The van der Waals surface area contributed by atoms with Gasteiger partial charge in [-0.05, 0) is 19.3 Å². The van der Waals surface area contributed by atoms with E-state index in [-0.39, 0.29) is 30.5 Å². The summed E-state index contributed by atoms with van der Waals surface area (Å²) >= 11 is 0. The number of halogens is 1. The molecule has 1 spiro atoms. The Bertz CT molecular complexity index is 184. The third-order valence-electron chi connectivity index (χ3n) is 3.71. The van der Waals surface area contributed by atoms with Crippen LogP contribution in [0.1, 0.15) is 25.7 Å². The van der Waals surface area contributed by atoms with E-state index in [2.05, 4.69) is 0 Å². The summed E-state index contributed by atoms with van der Waals surface area (Å²) in [4.78, 5) is 0. The molecule has 2 saturated carbocycles. The molecule has 2 atom stereocenters. The van der Waals surface area contributed by atoms with E-state index in [9.17, 15) is 5.11 Å². The van der Waals surface area contributed by atoms with E-state index in [1.807, 2.05) is 0 Å². The van der Waals surface area contributed by atoms with Crippen molar-refractivity contribution in [3.63, 3.8) is 0 Å². The summed E-state index contributed by atoms with van der Waals surface area (Å²) < 4.78 is 0. The average molecular weight is 194 g/mol.